The second kappa shape index (κ2) is 4.39. The molecule has 0 bridgehead atoms. The van der Waals surface area contributed by atoms with Crippen LogP contribution in [-0.4, -0.2) is 19.2 Å². The van der Waals surface area contributed by atoms with Crippen LogP contribution in [0.3, 0.4) is 0 Å². The highest BCUT2D eigenvalue weighted by Crippen LogP contribution is 2.20. The van der Waals surface area contributed by atoms with Gasteiger partial charge in [-0.2, -0.15) is 9.50 Å². The Bertz CT molecular complexity index is 1080. The molecule has 2 aromatic carbocycles. The topological polar surface area (TPSA) is 55.1 Å². The molecule has 0 aliphatic heterocycles. The summed E-state index contributed by atoms with van der Waals surface area (Å²) in [6.45, 7) is 0. The molecule has 0 aliphatic rings. The third-order valence-electron chi connectivity index (χ3n) is 3.40. The number of aromatic amines is 1. The molecule has 21 heavy (non-hydrogen) atoms. The molecular formula is C15H10N4OS. The predicted octanol–water partition coefficient (Wildman–Crippen LogP) is 2.70. The van der Waals surface area contributed by atoms with Crippen molar-refractivity contribution in [3.05, 3.63) is 69.9 Å². The molecule has 0 saturated carbocycles. The molecule has 0 saturated heterocycles. The molecule has 2 heterocycles. The maximum atomic E-state index is 12.2. The third-order valence-corrected chi connectivity index (χ3v) is 3.67. The first-order chi connectivity index (χ1) is 10.3. The molecule has 0 amide bonds. The third kappa shape index (κ3) is 1.73. The van der Waals surface area contributed by atoms with Crippen molar-refractivity contribution in [1.82, 2.24) is 19.2 Å². The Balaban J connectivity index is 2.29. The Morgan fingerprint density at radius 2 is 1.71 bits per heavy atom. The number of rotatable bonds is 1. The van der Waals surface area contributed by atoms with Crippen molar-refractivity contribution >= 4 is 28.8 Å². The quantitative estimate of drug-likeness (QED) is 0.549. The van der Waals surface area contributed by atoms with E-state index in [1.165, 1.54) is 4.52 Å². The maximum Gasteiger partial charge on any atom is 0.368 e. The molecule has 2 aromatic heterocycles. The zero-order chi connectivity index (χ0) is 14.4. The van der Waals surface area contributed by atoms with E-state index in [-0.39, 0.29) is 5.69 Å². The average molecular weight is 294 g/mol. The van der Waals surface area contributed by atoms with Gasteiger partial charge in [0.2, 0.25) is 0 Å². The van der Waals surface area contributed by atoms with Crippen molar-refractivity contribution in [2.24, 2.45) is 0 Å². The number of para-hydroxylation sites is 2. The van der Waals surface area contributed by atoms with Gasteiger partial charge in [0.1, 0.15) is 0 Å². The molecule has 102 valence electrons. The minimum atomic E-state index is -0.371. The van der Waals surface area contributed by atoms with E-state index in [9.17, 15) is 4.79 Å². The minimum absolute atomic E-state index is 0.371. The number of nitrogens with one attached hydrogen (secondary N) is 1. The van der Waals surface area contributed by atoms with E-state index in [1.807, 2.05) is 59.2 Å². The van der Waals surface area contributed by atoms with E-state index < -0.39 is 0 Å². The largest absolute Gasteiger partial charge is 0.368 e. The molecule has 0 atom stereocenters. The Labute approximate surface area is 124 Å². The van der Waals surface area contributed by atoms with Crippen molar-refractivity contribution in [1.29, 1.82) is 0 Å². The van der Waals surface area contributed by atoms with Crippen LogP contribution in [0.2, 0.25) is 0 Å². The zero-order valence-corrected chi connectivity index (χ0v) is 11.7. The van der Waals surface area contributed by atoms with Crippen LogP contribution in [0.1, 0.15) is 0 Å². The molecule has 0 radical (unpaired) electrons. The van der Waals surface area contributed by atoms with Crippen LogP contribution in [0, 0.1) is 4.77 Å². The van der Waals surface area contributed by atoms with Gasteiger partial charge in [-0.15, -0.1) is 0 Å². The molecule has 0 fully saturated rings. The number of H-pyrrole nitrogens is 1. The van der Waals surface area contributed by atoms with Crippen LogP contribution in [0.25, 0.3) is 22.2 Å². The number of fused-ring (bicyclic) bond motifs is 3. The summed E-state index contributed by atoms with van der Waals surface area (Å²) < 4.78 is 3.69. The minimum Gasteiger partial charge on any atom is -0.269 e. The summed E-state index contributed by atoms with van der Waals surface area (Å²) in [5, 5.41) is 3.77. The van der Waals surface area contributed by atoms with Gasteiger partial charge < -0.3 is 0 Å². The summed E-state index contributed by atoms with van der Waals surface area (Å²) in [7, 11) is 0. The lowest BCUT2D eigenvalue weighted by Crippen LogP contribution is -2.17. The van der Waals surface area contributed by atoms with Crippen molar-refractivity contribution in [3.63, 3.8) is 0 Å². The first-order valence-corrected chi connectivity index (χ1v) is 6.84. The zero-order valence-electron chi connectivity index (χ0n) is 10.9. The first kappa shape index (κ1) is 12.0. The smallest absolute Gasteiger partial charge is 0.269 e. The average Bonchev–Trinajstić information content (AvgIpc) is 2.86. The van der Waals surface area contributed by atoms with Gasteiger partial charge in [0, 0.05) is 11.1 Å². The second-order valence-corrected chi connectivity index (χ2v) is 5.05. The molecule has 0 aliphatic carbocycles. The molecular weight excluding hydrogens is 284 g/mol. The summed E-state index contributed by atoms with van der Waals surface area (Å²) in [6.07, 6.45) is 0. The number of hydrogen-bond acceptors (Lipinski definition) is 3. The SMILES string of the molecule is O=c1nc2ccccc2c2n(-c3ccccc3)c(=S)[nH]n12. The van der Waals surface area contributed by atoms with Gasteiger partial charge >= 0.3 is 5.69 Å². The van der Waals surface area contributed by atoms with Gasteiger partial charge in [0.25, 0.3) is 0 Å². The summed E-state index contributed by atoms with van der Waals surface area (Å²) in [4.78, 5) is 16.2. The Morgan fingerprint density at radius 3 is 2.52 bits per heavy atom. The predicted molar refractivity (Wildman–Crippen MR) is 83.5 cm³/mol. The lowest BCUT2D eigenvalue weighted by atomic mass is 10.2. The standard InChI is InChI=1S/C15H10N4OS/c20-14-16-12-9-5-4-8-11(12)13-18(15(21)17-19(13)14)10-6-2-1-3-7-10/h1-9H,(H,17,21). The number of aromatic nitrogens is 4. The Kier molecular flexibility index (Phi) is 2.52. The molecule has 5 nitrogen and oxygen atoms in total. The van der Waals surface area contributed by atoms with E-state index >= 15 is 0 Å². The molecule has 6 heteroatoms. The fourth-order valence-corrected chi connectivity index (χ4v) is 2.79. The highest BCUT2D eigenvalue weighted by molar-refractivity contribution is 7.71. The van der Waals surface area contributed by atoms with Crippen molar-refractivity contribution in [2.45, 2.75) is 0 Å². The van der Waals surface area contributed by atoms with Crippen LogP contribution < -0.4 is 5.69 Å². The Hall–Kier alpha value is -2.73. The van der Waals surface area contributed by atoms with E-state index in [4.69, 9.17) is 12.2 Å². The molecule has 0 unspecified atom stereocenters. The number of nitrogens with zero attached hydrogens (tertiary/aromatic N) is 3. The highest BCUT2D eigenvalue weighted by Gasteiger charge is 2.12. The van der Waals surface area contributed by atoms with Gasteiger partial charge in [0.15, 0.2) is 10.4 Å². The number of hydrogen-bond donors (Lipinski definition) is 1. The van der Waals surface area contributed by atoms with Crippen LogP contribution in [-0.2, 0) is 0 Å². The molecule has 4 rings (SSSR count). The van der Waals surface area contributed by atoms with E-state index in [0.29, 0.717) is 15.9 Å². The van der Waals surface area contributed by atoms with Gasteiger partial charge in [-0.05, 0) is 36.5 Å². The van der Waals surface area contributed by atoms with Crippen molar-refractivity contribution < 1.29 is 0 Å². The molecule has 4 aromatic rings. The maximum absolute atomic E-state index is 12.2. The van der Waals surface area contributed by atoms with Crippen LogP contribution in [0.4, 0.5) is 0 Å². The highest BCUT2D eigenvalue weighted by atomic mass is 32.1. The summed E-state index contributed by atoms with van der Waals surface area (Å²) in [5.74, 6) is 0. The van der Waals surface area contributed by atoms with Crippen LogP contribution in [0.15, 0.2) is 59.4 Å². The van der Waals surface area contributed by atoms with E-state index in [2.05, 4.69) is 10.1 Å². The van der Waals surface area contributed by atoms with E-state index in [0.717, 1.165) is 11.1 Å². The van der Waals surface area contributed by atoms with E-state index in [1.54, 1.807) is 0 Å². The monoisotopic (exact) mass is 294 g/mol. The summed E-state index contributed by atoms with van der Waals surface area (Å²) >= 11 is 5.38. The fourth-order valence-electron chi connectivity index (χ4n) is 2.50. The van der Waals surface area contributed by atoms with Gasteiger partial charge in [-0.25, -0.2) is 4.79 Å². The van der Waals surface area contributed by atoms with Crippen LogP contribution in [0.5, 0.6) is 0 Å². The van der Waals surface area contributed by atoms with Gasteiger partial charge in [-0.3, -0.25) is 9.67 Å². The van der Waals surface area contributed by atoms with Gasteiger partial charge in [0.05, 0.1) is 5.52 Å². The second-order valence-electron chi connectivity index (χ2n) is 4.66. The Morgan fingerprint density at radius 1 is 1.00 bits per heavy atom. The molecule has 0 spiro atoms. The summed E-state index contributed by atoms with van der Waals surface area (Å²) in [5.41, 5.74) is 1.88. The first-order valence-electron chi connectivity index (χ1n) is 6.44. The van der Waals surface area contributed by atoms with Crippen molar-refractivity contribution in [2.75, 3.05) is 0 Å². The van der Waals surface area contributed by atoms with Gasteiger partial charge in [-0.1, -0.05) is 30.3 Å². The lowest BCUT2D eigenvalue weighted by molar-refractivity contribution is 0.876. The van der Waals surface area contributed by atoms with Crippen LogP contribution >= 0.6 is 12.2 Å². The molecule has 1 N–H and O–H groups in total. The fraction of sp³-hybridized carbons (Fsp3) is 0. The summed E-state index contributed by atoms with van der Waals surface area (Å²) in [6, 6.07) is 17.2. The number of benzene rings is 2. The normalized spacial score (nSPS) is 11.2. The van der Waals surface area contributed by atoms with Crippen molar-refractivity contribution in [3.8, 4) is 5.69 Å². The lowest BCUT2D eigenvalue weighted by Gasteiger charge is -2.05.